The van der Waals surface area contributed by atoms with Crippen LogP contribution in [0.4, 0.5) is 0 Å². The summed E-state index contributed by atoms with van der Waals surface area (Å²) in [6.07, 6.45) is 4.32. The predicted molar refractivity (Wildman–Crippen MR) is 92.8 cm³/mol. The summed E-state index contributed by atoms with van der Waals surface area (Å²) in [6.45, 7) is 2.51. The van der Waals surface area contributed by atoms with Crippen molar-refractivity contribution < 1.29 is 8.42 Å². The lowest BCUT2D eigenvalue weighted by Gasteiger charge is -2.21. The number of hydrogen-bond donors (Lipinski definition) is 0. The molecule has 3 aromatic rings. The van der Waals surface area contributed by atoms with Crippen molar-refractivity contribution in [3.8, 4) is 5.69 Å². The van der Waals surface area contributed by atoms with Gasteiger partial charge in [-0.25, -0.2) is 23.1 Å². The molecule has 0 N–H and O–H groups in total. The number of fused-ring (bicyclic) bond motifs is 1. The van der Waals surface area contributed by atoms with Crippen LogP contribution in [0, 0.1) is 6.92 Å². The first-order chi connectivity index (χ1) is 11.4. The quantitative estimate of drug-likeness (QED) is 0.713. The molecule has 1 atom stereocenters. The Morgan fingerprint density at radius 2 is 2.17 bits per heavy atom. The molecule has 0 saturated carbocycles. The van der Waals surface area contributed by atoms with Crippen molar-refractivity contribution in [3.63, 3.8) is 0 Å². The summed E-state index contributed by atoms with van der Waals surface area (Å²) >= 11 is 1.63. The lowest BCUT2D eigenvalue weighted by Crippen LogP contribution is -2.31. The molecule has 1 aromatic carbocycles. The van der Waals surface area contributed by atoms with Crippen molar-refractivity contribution in [2.75, 3.05) is 12.8 Å². The first-order valence-corrected chi connectivity index (χ1v) is 10.3. The second-order valence-corrected chi connectivity index (χ2v) is 9.12. The number of benzene rings is 1. The van der Waals surface area contributed by atoms with Gasteiger partial charge < -0.3 is 0 Å². The molecule has 1 fully saturated rings. The molecule has 0 radical (unpaired) electrons. The number of sulfonamides is 1. The largest absolute Gasteiger partial charge is 0.242 e. The van der Waals surface area contributed by atoms with Crippen molar-refractivity contribution in [1.29, 1.82) is 0 Å². The van der Waals surface area contributed by atoms with Gasteiger partial charge in [-0.05, 0) is 38.0 Å². The summed E-state index contributed by atoms with van der Waals surface area (Å²) in [4.78, 5) is 8.82. The molecular weight excluding hydrogens is 346 g/mol. The summed E-state index contributed by atoms with van der Waals surface area (Å²) in [5, 5.41) is 5.34. The minimum atomic E-state index is -3.26. The molecule has 126 valence electrons. The van der Waals surface area contributed by atoms with Crippen LogP contribution in [0.1, 0.15) is 29.7 Å². The van der Waals surface area contributed by atoms with E-state index in [1.807, 2.05) is 25.1 Å². The third-order valence-electron chi connectivity index (χ3n) is 4.23. The molecular formula is C15H17N5O2S2. The Kier molecular flexibility index (Phi) is 3.66. The highest BCUT2D eigenvalue weighted by atomic mass is 32.2. The number of nitrogens with zero attached hydrogens (tertiary/aromatic N) is 5. The first kappa shape index (κ1) is 15.7. The van der Waals surface area contributed by atoms with Crippen LogP contribution in [0.25, 0.3) is 15.9 Å². The normalized spacial score (nSPS) is 19.3. The van der Waals surface area contributed by atoms with Gasteiger partial charge in [0.2, 0.25) is 10.0 Å². The summed E-state index contributed by atoms with van der Waals surface area (Å²) in [7, 11) is -3.26. The molecule has 2 aromatic heterocycles. The Morgan fingerprint density at radius 3 is 2.96 bits per heavy atom. The van der Waals surface area contributed by atoms with Gasteiger partial charge in [-0.1, -0.05) is 0 Å². The van der Waals surface area contributed by atoms with Crippen LogP contribution in [0.3, 0.4) is 0 Å². The second kappa shape index (κ2) is 5.61. The van der Waals surface area contributed by atoms with Crippen molar-refractivity contribution in [2.24, 2.45) is 0 Å². The van der Waals surface area contributed by atoms with Gasteiger partial charge >= 0.3 is 0 Å². The van der Waals surface area contributed by atoms with Gasteiger partial charge in [0.1, 0.15) is 6.33 Å². The van der Waals surface area contributed by atoms with E-state index in [0.29, 0.717) is 12.4 Å². The lowest BCUT2D eigenvalue weighted by molar-refractivity contribution is 0.381. The average molecular weight is 363 g/mol. The van der Waals surface area contributed by atoms with Gasteiger partial charge in [0.25, 0.3) is 0 Å². The molecule has 4 rings (SSSR count). The summed E-state index contributed by atoms with van der Waals surface area (Å²) in [5.41, 5.74) is 1.83. The van der Waals surface area contributed by atoms with Crippen LogP contribution in [-0.4, -0.2) is 45.3 Å². The van der Waals surface area contributed by atoms with Crippen LogP contribution in [0.15, 0.2) is 24.5 Å². The zero-order valence-corrected chi connectivity index (χ0v) is 15.0. The maximum atomic E-state index is 12.0. The topological polar surface area (TPSA) is 81.0 Å². The maximum Gasteiger partial charge on any atom is 0.211 e. The molecule has 1 aliphatic rings. The predicted octanol–water partition coefficient (Wildman–Crippen LogP) is 2.28. The van der Waals surface area contributed by atoms with E-state index >= 15 is 0 Å². The fraction of sp³-hybridized carbons (Fsp3) is 0.400. The highest BCUT2D eigenvalue weighted by Gasteiger charge is 2.35. The first-order valence-electron chi connectivity index (χ1n) is 7.68. The Bertz CT molecular complexity index is 1010. The molecule has 0 aliphatic carbocycles. The van der Waals surface area contributed by atoms with E-state index in [0.717, 1.165) is 33.8 Å². The van der Waals surface area contributed by atoms with Crippen molar-refractivity contribution in [2.45, 2.75) is 25.8 Å². The van der Waals surface area contributed by atoms with Crippen LogP contribution >= 0.6 is 11.3 Å². The SMILES string of the molecule is Cc1nc2ccc(-n3ncnc3[C@@H]3CCCN3S(C)(=O)=O)cc2s1. The zero-order chi connectivity index (χ0) is 16.9. The van der Waals surface area contributed by atoms with Gasteiger partial charge in [-0.3, -0.25) is 0 Å². The number of thiazole rings is 1. The number of aryl methyl sites for hydroxylation is 1. The number of hydrogen-bond acceptors (Lipinski definition) is 6. The second-order valence-electron chi connectivity index (χ2n) is 5.95. The molecule has 0 unspecified atom stereocenters. The van der Waals surface area contributed by atoms with Crippen molar-refractivity contribution >= 4 is 31.6 Å². The minimum Gasteiger partial charge on any atom is -0.242 e. The van der Waals surface area contributed by atoms with Crippen LogP contribution in [0.5, 0.6) is 0 Å². The monoisotopic (exact) mass is 363 g/mol. The summed E-state index contributed by atoms with van der Waals surface area (Å²) < 4.78 is 28.4. The Hall–Kier alpha value is -1.84. The Balaban J connectivity index is 1.79. The third kappa shape index (κ3) is 2.62. The fourth-order valence-corrected chi connectivity index (χ4v) is 5.21. The summed E-state index contributed by atoms with van der Waals surface area (Å²) in [5.74, 6) is 0.665. The zero-order valence-electron chi connectivity index (χ0n) is 13.4. The van der Waals surface area contributed by atoms with Gasteiger partial charge in [0, 0.05) is 6.54 Å². The van der Waals surface area contributed by atoms with E-state index < -0.39 is 10.0 Å². The van der Waals surface area contributed by atoms with Crippen molar-refractivity contribution in [1.82, 2.24) is 24.1 Å². The van der Waals surface area contributed by atoms with Crippen molar-refractivity contribution in [3.05, 3.63) is 35.4 Å². The number of rotatable bonds is 3. The number of aromatic nitrogens is 4. The lowest BCUT2D eigenvalue weighted by atomic mass is 10.2. The van der Waals surface area contributed by atoms with Gasteiger partial charge in [0.15, 0.2) is 5.82 Å². The Labute approximate surface area is 144 Å². The molecule has 0 spiro atoms. The van der Waals surface area contributed by atoms with Crippen LogP contribution in [0.2, 0.25) is 0 Å². The molecule has 1 aliphatic heterocycles. The highest BCUT2D eigenvalue weighted by Crippen LogP contribution is 2.34. The molecule has 7 nitrogen and oxygen atoms in total. The van der Waals surface area contributed by atoms with E-state index in [-0.39, 0.29) is 6.04 Å². The minimum absolute atomic E-state index is 0.263. The maximum absolute atomic E-state index is 12.0. The van der Waals surface area contributed by atoms with Gasteiger partial charge in [0.05, 0.1) is 33.2 Å². The van der Waals surface area contributed by atoms with Gasteiger partial charge in [-0.15, -0.1) is 11.3 Å². The molecule has 0 amide bonds. The van der Waals surface area contributed by atoms with E-state index in [2.05, 4.69) is 15.1 Å². The molecule has 24 heavy (non-hydrogen) atoms. The van der Waals surface area contributed by atoms with Crippen LogP contribution < -0.4 is 0 Å². The molecule has 9 heteroatoms. The molecule has 3 heterocycles. The third-order valence-corrected chi connectivity index (χ3v) is 6.45. The van der Waals surface area contributed by atoms with E-state index in [9.17, 15) is 8.42 Å². The standard InChI is InChI=1S/C15H17N5O2S2/c1-10-18-12-6-5-11(8-14(12)23-10)20-15(16-9-17-20)13-4-3-7-19(13)24(2,21)22/h5-6,8-9,13H,3-4,7H2,1-2H3/t13-/m0/s1. The van der Waals surface area contributed by atoms with E-state index in [1.165, 1.54) is 16.9 Å². The molecule has 1 saturated heterocycles. The molecule has 0 bridgehead atoms. The fourth-order valence-electron chi connectivity index (χ4n) is 3.23. The summed E-state index contributed by atoms with van der Waals surface area (Å²) in [6, 6.07) is 5.67. The Morgan fingerprint density at radius 1 is 1.33 bits per heavy atom. The smallest absolute Gasteiger partial charge is 0.211 e. The van der Waals surface area contributed by atoms with Crippen LogP contribution in [-0.2, 0) is 10.0 Å². The van der Waals surface area contributed by atoms with Gasteiger partial charge in [-0.2, -0.15) is 9.40 Å². The highest BCUT2D eigenvalue weighted by molar-refractivity contribution is 7.88. The van der Waals surface area contributed by atoms with E-state index in [1.54, 1.807) is 16.0 Å². The van der Waals surface area contributed by atoms with E-state index in [4.69, 9.17) is 0 Å². The average Bonchev–Trinajstić information content (AvgIpc) is 3.23.